The zero-order chi connectivity index (χ0) is 15.5. The highest BCUT2D eigenvalue weighted by atomic mass is 32.2. The van der Waals surface area contributed by atoms with Crippen LogP contribution in [0.3, 0.4) is 0 Å². The van der Waals surface area contributed by atoms with Crippen LogP contribution in [0.25, 0.3) is 0 Å². The molecule has 2 rings (SSSR count). The van der Waals surface area contributed by atoms with E-state index in [1.165, 1.54) is 24.4 Å². The molecule has 21 heavy (non-hydrogen) atoms. The molecule has 110 valence electrons. The third-order valence-corrected chi connectivity index (χ3v) is 3.91. The topological polar surface area (TPSA) is 118 Å². The fourth-order valence-electron chi connectivity index (χ4n) is 1.58. The molecule has 0 amide bonds. The molecule has 0 fully saturated rings. The van der Waals surface area contributed by atoms with Crippen molar-refractivity contribution in [2.45, 2.75) is 4.90 Å². The zero-order valence-electron chi connectivity index (χ0n) is 10.6. The van der Waals surface area contributed by atoms with Crippen molar-refractivity contribution in [1.29, 1.82) is 0 Å². The van der Waals surface area contributed by atoms with E-state index in [0.29, 0.717) is 0 Å². The Morgan fingerprint density at radius 3 is 2.76 bits per heavy atom. The Balaban J connectivity index is 2.45. The fourth-order valence-corrected chi connectivity index (χ4v) is 2.62. The Morgan fingerprint density at radius 1 is 1.38 bits per heavy atom. The van der Waals surface area contributed by atoms with E-state index in [2.05, 4.69) is 14.9 Å². The number of oxime groups is 1. The maximum absolute atomic E-state index is 13.2. The first-order valence-electron chi connectivity index (χ1n) is 5.64. The highest BCUT2D eigenvalue weighted by Crippen LogP contribution is 2.20. The van der Waals surface area contributed by atoms with Crippen LogP contribution in [0, 0.1) is 5.82 Å². The quantitative estimate of drug-likeness (QED) is 0.338. The Bertz CT molecular complexity index is 778. The van der Waals surface area contributed by atoms with Gasteiger partial charge in [-0.25, -0.2) is 12.8 Å². The number of benzene rings is 1. The van der Waals surface area contributed by atoms with Crippen LogP contribution < -0.4 is 10.5 Å². The Hall–Kier alpha value is -2.68. The zero-order valence-corrected chi connectivity index (χ0v) is 11.4. The van der Waals surface area contributed by atoms with Crippen molar-refractivity contribution in [2.24, 2.45) is 10.9 Å². The molecule has 0 aliphatic rings. The van der Waals surface area contributed by atoms with Crippen LogP contribution in [0.5, 0.6) is 0 Å². The van der Waals surface area contributed by atoms with Gasteiger partial charge in [0.2, 0.25) is 0 Å². The van der Waals surface area contributed by atoms with Crippen molar-refractivity contribution in [3.8, 4) is 0 Å². The minimum Gasteiger partial charge on any atom is -0.409 e. The second kappa shape index (κ2) is 5.75. The monoisotopic (exact) mass is 310 g/mol. The molecular formula is C12H11FN4O3S. The fraction of sp³-hybridized carbons (Fsp3) is 0. The lowest BCUT2D eigenvalue weighted by molar-refractivity contribution is 0.318. The second-order valence-electron chi connectivity index (χ2n) is 3.97. The minimum atomic E-state index is -3.92. The summed E-state index contributed by atoms with van der Waals surface area (Å²) >= 11 is 0. The number of nitrogens with zero attached hydrogens (tertiary/aromatic N) is 2. The van der Waals surface area contributed by atoms with Gasteiger partial charge in [-0.3, -0.25) is 9.71 Å². The molecule has 0 atom stereocenters. The van der Waals surface area contributed by atoms with Crippen molar-refractivity contribution in [1.82, 2.24) is 4.98 Å². The highest BCUT2D eigenvalue weighted by molar-refractivity contribution is 7.92. The largest absolute Gasteiger partial charge is 0.409 e. The summed E-state index contributed by atoms with van der Waals surface area (Å²) in [5.74, 6) is -1.07. The van der Waals surface area contributed by atoms with Crippen molar-refractivity contribution < 1.29 is 18.0 Å². The molecule has 0 aliphatic heterocycles. The van der Waals surface area contributed by atoms with Gasteiger partial charge in [0.05, 0.1) is 5.69 Å². The third kappa shape index (κ3) is 3.26. The standard InChI is InChI=1S/C12H11FN4O3S/c13-8-3-4-11(10(6-8)12(14)16-18)17-21(19,20)9-2-1-5-15-7-9/h1-7,17-18H,(H2,14,16). The number of nitrogens with one attached hydrogen (secondary N) is 1. The lowest BCUT2D eigenvalue weighted by Gasteiger charge is -2.11. The Labute approximate surface area is 120 Å². The van der Waals surface area contributed by atoms with Crippen molar-refractivity contribution >= 4 is 21.5 Å². The Kier molecular flexibility index (Phi) is 4.03. The number of hydrogen-bond donors (Lipinski definition) is 3. The number of anilines is 1. The number of hydrogen-bond acceptors (Lipinski definition) is 5. The molecule has 0 unspecified atom stereocenters. The van der Waals surface area contributed by atoms with E-state index in [-0.39, 0.29) is 16.1 Å². The van der Waals surface area contributed by atoms with E-state index < -0.39 is 21.7 Å². The van der Waals surface area contributed by atoms with Gasteiger partial charge in [0, 0.05) is 18.0 Å². The van der Waals surface area contributed by atoms with Crippen molar-refractivity contribution in [3.63, 3.8) is 0 Å². The van der Waals surface area contributed by atoms with E-state index in [9.17, 15) is 12.8 Å². The molecule has 1 aromatic carbocycles. The first kappa shape index (κ1) is 14.7. The average Bonchev–Trinajstić information content (AvgIpc) is 2.49. The molecule has 4 N–H and O–H groups in total. The van der Waals surface area contributed by atoms with Crippen molar-refractivity contribution in [2.75, 3.05) is 4.72 Å². The van der Waals surface area contributed by atoms with E-state index >= 15 is 0 Å². The summed E-state index contributed by atoms with van der Waals surface area (Å²) in [6.07, 6.45) is 2.59. The summed E-state index contributed by atoms with van der Waals surface area (Å²) < 4.78 is 39.8. The normalized spacial score (nSPS) is 12.1. The number of rotatable bonds is 4. The lowest BCUT2D eigenvalue weighted by atomic mass is 10.1. The predicted octanol–water partition coefficient (Wildman–Crippen LogP) is 1.12. The van der Waals surface area contributed by atoms with Crippen LogP contribution >= 0.6 is 0 Å². The summed E-state index contributed by atoms with van der Waals surface area (Å²) in [4.78, 5) is 3.64. The average molecular weight is 310 g/mol. The molecule has 9 heteroatoms. The molecular weight excluding hydrogens is 299 g/mol. The summed E-state index contributed by atoms with van der Waals surface area (Å²) in [5.41, 5.74) is 5.31. The van der Waals surface area contributed by atoms with Crippen LogP contribution in [0.1, 0.15) is 5.56 Å². The second-order valence-corrected chi connectivity index (χ2v) is 5.65. The summed E-state index contributed by atoms with van der Waals surface area (Å²) in [6, 6.07) is 5.99. The highest BCUT2D eigenvalue weighted by Gasteiger charge is 2.18. The van der Waals surface area contributed by atoms with E-state index in [1.807, 2.05) is 0 Å². The number of halogens is 1. The molecule has 0 spiro atoms. The number of sulfonamides is 1. The maximum Gasteiger partial charge on any atom is 0.263 e. The summed E-state index contributed by atoms with van der Waals surface area (Å²) in [7, 11) is -3.92. The van der Waals surface area contributed by atoms with Gasteiger partial charge in [-0.2, -0.15) is 0 Å². The number of amidine groups is 1. The molecule has 0 saturated carbocycles. The first-order chi connectivity index (χ1) is 9.94. The van der Waals surface area contributed by atoms with E-state index in [0.717, 1.165) is 18.3 Å². The molecule has 0 aliphatic carbocycles. The molecule has 7 nitrogen and oxygen atoms in total. The van der Waals surface area contributed by atoms with Gasteiger partial charge >= 0.3 is 0 Å². The van der Waals surface area contributed by atoms with Crippen molar-refractivity contribution in [3.05, 3.63) is 54.1 Å². The van der Waals surface area contributed by atoms with E-state index in [1.54, 1.807) is 0 Å². The number of aromatic nitrogens is 1. The van der Waals surface area contributed by atoms with Crippen LogP contribution in [0.2, 0.25) is 0 Å². The predicted molar refractivity (Wildman–Crippen MR) is 74.0 cm³/mol. The lowest BCUT2D eigenvalue weighted by Crippen LogP contribution is -2.19. The van der Waals surface area contributed by atoms with Gasteiger partial charge in [0.15, 0.2) is 5.84 Å². The molecule has 1 heterocycles. The molecule has 0 radical (unpaired) electrons. The smallest absolute Gasteiger partial charge is 0.263 e. The summed E-state index contributed by atoms with van der Waals surface area (Å²) in [5, 5.41) is 11.4. The summed E-state index contributed by atoms with van der Waals surface area (Å²) in [6.45, 7) is 0. The van der Waals surface area contributed by atoms with Gasteiger partial charge in [-0.05, 0) is 30.3 Å². The molecule has 1 aromatic heterocycles. The molecule has 0 saturated heterocycles. The van der Waals surface area contributed by atoms with Gasteiger partial charge in [-0.15, -0.1) is 0 Å². The van der Waals surface area contributed by atoms with E-state index in [4.69, 9.17) is 10.9 Å². The van der Waals surface area contributed by atoms with Gasteiger partial charge < -0.3 is 10.9 Å². The van der Waals surface area contributed by atoms with Gasteiger partial charge in [-0.1, -0.05) is 5.16 Å². The first-order valence-corrected chi connectivity index (χ1v) is 7.12. The van der Waals surface area contributed by atoms with Gasteiger partial charge in [0.1, 0.15) is 10.7 Å². The van der Waals surface area contributed by atoms with Crippen LogP contribution in [-0.2, 0) is 10.0 Å². The van der Waals surface area contributed by atoms with Crippen LogP contribution in [0.4, 0.5) is 10.1 Å². The SMILES string of the molecule is N/C(=N/O)c1cc(F)ccc1NS(=O)(=O)c1cccnc1. The minimum absolute atomic E-state index is 0.0180. The van der Waals surface area contributed by atoms with Crippen LogP contribution in [0.15, 0.2) is 52.8 Å². The maximum atomic E-state index is 13.2. The van der Waals surface area contributed by atoms with Crippen LogP contribution in [-0.4, -0.2) is 24.4 Å². The number of nitrogens with two attached hydrogens (primary N) is 1. The van der Waals surface area contributed by atoms with Gasteiger partial charge in [0.25, 0.3) is 10.0 Å². The number of pyridine rings is 1. The Morgan fingerprint density at radius 2 is 2.14 bits per heavy atom. The molecule has 2 aromatic rings. The molecule has 0 bridgehead atoms. The third-order valence-electron chi connectivity index (χ3n) is 2.55.